The Hall–Kier alpha value is -0.860. The molecule has 2 fully saturated rings. The van der Waals surface area contributed by atoms with E-state index in [4.69, 9.17) is 23.2 Å². The number of halogens is 2. The SMILES string of the molecule is CCN1CCN(C(=O)C2CCCN(S(=O)(=O)Cc3c(Cl)cccc3Cl)C2)CC1. The maximum Gasteiger partial charge on any atom is 0.227 e. The molecule has 0 saturated carbocycles. The van der Waals surface area contributed by atoms with Gasteiger partial charge in [-0.25, -0.2) is 12.7 Å². The molecule has 28 heavy (non-hydrogen) atoms. The topological polar surface area (TPSA) is 60.9 Å². The molecule has 1 aromatic carbocycles. The summed E-state index contributed by atoms with van der Waals surface area (Å²) in [5.41, 5.74) is 0.412. The van der Waals surface area contributed by atoms with Gasteiger partial charge in [0.2, 0.25) is 15.9 Å². The van der Waals surface area contributed by atoms with Gasteiger partial charge in [-0.15, -0.1) is 0 Å². The summed E-state index contributed by atoms with van der Waals surface area (Å²) in [4.78, 5) is 17.1. The van der Waals surface area contributed by atoms with E-state index in [1.165, 1.54) is 4.31 Å². The molecular formula is C19H27Cl2N3O3S. The lowest BCUT2D eigenvalue weighted by Gasteiger charge is -2.38. The first kappa shape index (κ1) is 21.8. The number of benzene rings is 1. The average Bonchev–Trinajstić information content (AvgIpc) is 2.70. The van der Waals surface area contributed by atoms with E-state index in [0.29, 0.717) is 41.7 Å². The monoisotopic (exact) mass is 447 g/mol. The van der Waals surface area contributed by atoms with Crippen LogP contribution < -0.4 is 0 Å². The summed E-state index contributed by atoms with van der Waals surface area (Å²) >= 11 is 12.3. The van der Waals surface area contributed by atoms with Crippen LogP contribution in [0.1, 0.15) is 25.3 Å². The van der Waals surface area contributed by atoms with Gasteiger partial charge in [0.05, 0.1) is 11.7 Å². The second-order valence-electron chi connectivity index (χ2n) is 7.41. The average molecular weight is 448 g/mol. The fraction of sp³-hybridized carbons (Fsp3) is 0.632. The number of sulfonamides is 1. The molecule has 0 aliphatic carbocycles. The van der Waals surface area contributed by atoms with Crippen molar-refractivity contribution >= 4 is 39.1 Å². The molecule has 0 radical (unpaired) electrons. The molecule has 1 aromatic rings. The highest BCUT2D eigenvalue weighted by atomic mass is 35.5. The summed E-state index contributed by atoms with van der Waals surface area (Å²) in [6.45, 7) is 6.95. The van der Waals surface area contributed by atoms with Crippen molar-refractivity contribution in [1.82, 2.24) is 14.1 Å². The number of nitrogens with zero attached hydrogens (tertiary/aromatic N) is 3. The predicted octanol–water partition coefficient (Wildman–Crippen LogP) is 2.70. The van der Waals surface area contributed by atoms with Crippen LogP contribution >= 0.6 is 23.2 Å². The molecule has 1 atom stereocenters. The number of carbonyl (C=O) groups is 1. The van der Waals surface area contributed by atoms with Gasteiger partial charge >= 0.3 is 0 Å². The van der Waals surface area contributed by atoms with E-state index in [9.17, 15) is 13.2 Å². The Morgan fingerprint density at radius 3 is 2.36 bits per heavy atom. The van der Waals surface area contributed by atoms with Crippen LogP contribution in [0.15, 0.2) is 18.2 Å². The summed E-state index contributed by atoms with van der Waals surface area (Å²) in [5, 5.41) is 0.684. The van der Waals surface area contributed by atoms with Crippen LogP contribution in [0, 0.1) is 5.92 Å². The summed E-state index contributed by atoms with van der Waals surface area (Å²) < 4.78 is 27.4. The molecule has 156 valence electrons. The summed E-state index contributed by atoms with van der Waals surface area (Å²) in [6.07, 6.45) is 1.41. The Morgan fingerprint density at radius 1 is 1.11 bits per heavy atom. The second-order valence-corrected chi connectivity index (χ2v) is 10.2. The Morgan fingerprint density at radius 2 is 1.75 bits per heavy atom. The van der Waals surface area contributed by atoms with E-state index < -0.39 is 10.0 Å². The van der Waals surface area contributed by atoms with Gasteiger partial charge in [0.1, 0.15) is 0 Å². The van der Waals surface area contributed by atoms with Crippen LogP contribution in [0.5, 0.6) is 0 Å². The maximum atomic E-state index is 13.0. The van der Waals surface area contributed by atoms with E-state index >= 15 is 0 Å². The van der Waals surface area contributed by atoms with Gasteiger partial charge in [-0.1, -0.05) is 36.2 Å². The molecule has 2 aliphatic heterocycles. The van der Waals surface area contributed by atoms with Gasteiger partial charge in [0.25, 0.3) is 0 Å². The zero-order valence-corrected chi connectivity index (χ0v) is 18.4. The fourth-order valence-corrected chi connectivity index (χ4v) is 6.25. The molecule has 6 nitrogen and oxygen atoms in total. The molecule has 2 aliphatic rings. The number of amides is 1. The largest absolute Gasteiger partial charge is 0.340 e. The number of piperazine rings is 1. The van der Waals surface area contributed by atoms with Crippen molar-refractivity contribution in [2.45, 2.75) is 25.5 Å². The van der Waals surface area contributed by atoms with Crippen LogP contribution in [-0.4, -0.2) is 74.2 Å². The molecule has 0 bridgehead atoms. The highest BCUT2D eigenvalue weighted by Gasteiger charge is 2.35. The zero-order chi connectivity index (χ0) is 20.3. The Labute approximate surface area is 177 Å². The van der Waals surface area contributed by atoms with Crippen LogP contribution in [0.25, 0.3) is 0 Å². The fourth-order valence-electron chi connectivity index (χ4n) is 3.88. The molecule has 2 saturated heterocycles. The zero-order valence-electron chi connectivity index (χ0n) is 16.1. The first-order valence-corrected chi connectivity index (χ1v) is 12.1. The Kier molecular flexibility index (Phi) is 7.26. The van der Waals surface area contributed by atoms with Gasteiger partial charge < -0.3 is 9.80 Å². The van der Waals surface area contributed by atoms with Crippen molar-refractivity contribution in [1.29, 1.82) is 0 Å². The minimum absolute atomic E-state index is 0.0754. The summed E-state index contributed by atoms with van der Waals surface area (Å²) in [5.74, 6) is -0.452. The lowest BCUT2D eigenvalue weighted by Crippen LogP contribution is -2.53. The van der Waals surface area contributed by atoms with Crippen molar-refractivity contribution in [2.24, 2.45) is 5.92 Å². The Bertz CT molecular complexity index is 790. The lowest BCUT2D eigenvalue weighted by molar-refractivity contribution is -0.138. The third-order valence-electron chi connectivity index (χ3n) is 5.65. The van der Waals surface area contributed by atoms with E-state index in [1.54, 1.807) is 18.2 Å². The second kappa shape index (κ2) is 9.30. The highest BCUT2D eigenvalue weighted by Crippen LogP contribution is 2.29. The normalized spacial score (nSPS) is 22.4. The van der Waals surface area contributed by atoms with E-state index in [1.807, 2.05) is 4.90 Å². The third kappa shape index (κ3) is 5.00. The van der Waals surface area contributed by atoms with Crippen molar-refractivity contribution < 1.29 is 13.2 Å². The highest BCUT2D eigenvalue weighted by molar-refractivity contribution is 7.88. The van der Waals surface area contributed by atoms with Gasteiger partial charge in [0.15, 0.2) is 0 Å². The number of rotatable bonds is 5. The summed E-state index contributed by atoms with van der Waals surface area (Å²) in [7, 11) is -3.61. The molecule has 0 spiro atoms. The third-order valence-corrected chi connectivity index (χ3v) is 8.13. The van der Waals surface area contributed by atoms with Crippen molar-refractivity contribution in [3.8, 4) is 0 Å². The van der Waals surface area contributed by atoms with Crippen molar-refractivity contribution in [3.05, 3.63) is 33.8 Å². The molecule has 1 amide bonds. The number of piperidine rings is 1. The van der Waals surface area contributed by atoms with Crippen LogP contribution in [0.2, 0.25) is 10.0 Å². The molecule has 2 heterocycles. The minimum Gasteiger partial charge on any atom is -0.340 e. The van der Waals surface area contributed by atoms with Crippen LogP contribution in [0.4, 0.5) is 0 Å². The van der Waals surface area contributed by atoms with Gasteiger partial charge in [-0.05, 0) is 31.5 Å². The van der Waals surface area contributed by atoms with E-state index in [-0.39, 0.29) is 24.1 Å². The van der Waals surface area contributed by atoms with Gasteiger partial charge in [-0.3, -0.25) is 4.79 Å². The van der Waals surface area contributed by atoms with Crippen LogP contribution in [-0.2, 0) is 20.6 Å². The number of hydrogen-bond acceptors (Lipinski definition) is 4. The summed E-state index contributed by atoms with van der Waals surface area (Å²) in [6, 6.07) is 4.96. The number of likely N-dealkylation sites (N-methyl/N-ethyl adjacent to an activating group) is 1. The lowest BCUT2D eigenvalue weighted by atomic mass is 9.98. The smallest absolute Gasteiger partial charge is 0.227 e. The first-order chi connectivity index (χ1) is 13.3. The van der Waals surface area contributed by atoms with Gasteiger partial charge in [0, 0.05) is 54.9 Å². The van der Waals surface area contributed by atoms with E-state index in [0.717, 1.165) is 26.1 Å². The minimum atomic E-state index is -3.61. The predicted molar refractivity (Wildman–Crippen MR) is 112 cm³/mol. The Balaban J connectivity index is 1.66. The number of hydrogen-bond donors (Lipinski definition) is 0. The quantitative estimate of drug-likeness (QED) is 0.695. The maximum absolute atomic E-state index is 13.0. The van der Waals surface area contributed by atoms with Crippen molar-refractivity contribution in [2.75, 3.05) is 45.8 Å². The molecule has 0 aromatic heterocycles. The standard InChI is InChI=1S/C19H27Cl2N3O3S/c1-2-22-9-11-23(12-10-22)19(25)15-5-4-8-24(13-15)28(26,27)14-16-17(20)6-3-7-18(16)21/h3,6-7,15H,2,4-5,8-14H2,1H3. The van der Waals surface area contributed by atoms with Crippen molar-refractivity contribution in [3.63, 3.8) is 0 Å². The molecule has 1 unspecified atom stereocenters. The van der Waals surface area contributed by atoms with Gasteiger partial charge in [-0.2, -0.15) is 0 Å². The molecule has 3 rings (SSSR count). The van der Waals surface area contributed by atoms with E-state index in [2.05, 4.69) is 11.8 Å². The van der Waals surface area contributed by atoms with Crippen LogP contribution in [0.3, 0.4) is 0 Å². The molecule has 9 heteroatoms. The molecule has 0 N–H and O–H groups in total. The first-order valence-electron chi connectivity index (χ1n) is 9.73. The number of carbonyl (C=O) groups excluding carboxylic acids is 1. The molecular weight excluding hydrogens is 421 g/mol.